The number of ether oxygens (including phenoxy) is 2. The lowest BCUT2D eigenvalue weighted by molar-refractivity contribution is 0.174. The third kappa shape index (κ3) is 3.25. The molecule has 0 aliphatic carbocycles. The average molecular weight is 369 g/mol. The highest BCUT2D eigenvalue weighted by Crippen LogP contribution is 2.34. The molecule has 0 atom stereocenters. The second-order valence-corrected chi connectivity index (χ2v) is 5.60. The van der Waals surface area contributed by atoms with Gasteiger partial charge in [0.25, 0.3) is 0 Å². The molecule has 0 spiro atoms. The summed E-state index contributed by atoms with van der Waals surface area (Å²) in [5.41, 5.74) is 1.03. The molecule has 0 unspecified atom stereocenters. The summed E-state index contributed by atoms with van der Waals surface area (Å²) < 4.78 is 24.9. The van der Waals surface area contributed by atoms with Crippen LogP contribution in [0, 0.1) is 5.82 Å². The molecule has 21 heavy (non-hydrogen) atoms. The lowest BCUT2D eigenvalue weighted by Crippen LogP contribution is -2.19. The zero-order valence-electron chi connectivity index (χ0n) is 10.7. The van der Waals surface area contributed by atoms with Crippen molar-refractivity contribution in [2.45, 2.75) is 0 Å². The molecule has 1 aliphatic heterocycles. The number of nitrogens with one attached hydrogen (secondary N) is 2. The number of hydrogen-bond acceptors (Lipinski definition) is 3. The third-order valence-corrected chi connectivity index (χ3v) is 3.51. The number of halogens is 2. The van der Waals surface area contributed by atoms with Crippen LogP contribution in [0.4, 0.5) is 15.8 Å². The average Bonchev–Trinajstić information content (AvgIpc) is 2.89. The second kappa shape index (κ2) is 5.87. The van der Waals surface area contributed by atoms with Crippen molar-refractivity contribution >= 4 is 44.6 Å². The van der Waals surface area contributed by atoms with Crippen LogP contribution in [0.1, 0.15) is 0 Å². The maximum absolute atomic E-state index is 13.7. The van der Waals surface area contributed by atoms with E-state index >= 15 is 0 Å². The molecule has 0 aromatic heterocycles. The molecule has 0 saturated carbocycles. The molecule has 2 N–H and O–H groups in total. The molecule has 0 amide bonds. The molecule has 3 rings (SSSR count). The van der Waals surface area contributed by atoms with E-state index in [0.717, 1.165) is 5.69 Å². The van der Waals surface area contributed by atoms with Gasteiger partial charge in [0, 0.05) is 16.2 Å². The molecule has 0 bridgehead atoms. The van der Waals surface area contributed by atoms with Gasteiger partial charge in [-0.15, -0.1) is 0 Å². The highest BCUT2D eigenvalue weighted by Gasteiger charge is 2.13. The third-order valence-electron chi connectivity index (χ3n) is 2.81. The molecule has 7 heteroatoms. The van der Waals surface area contributed by atoms with E-state index in [1.54, 1.807) is 30.3 Å². The van der Waals surface area contributed by atoms with Crippen molar-refractivity contribution in [1.29, 1.82) is 0 Å². The van der Waals surface area contributed by atoms with Gasteiger partial charge in [-0.25, -0.2) is 4.39 Å². The van der Waals surface area contributed by atoms with Gasteiger partial charge in [0.15, 0.2) is 16.6 Å². The molecule has 0 saturated heterocycles. The monoisotopic (exact) mass is 368 g/mol. The lowest BCUT2D eigenvalue weighted by atomic mass is 10.3. The Morgan fingerprint density at radius 3 is 2.71 bits per heavy atom. The van der Waals surface area contributed by atoms with Crippen LogP contribution in [0.5, 0.6) is 11.5 Å². The van der Waals surface area contributed by atoms with E-state index in [4.69, 9.17) is 21.7 Å². The van der Waals surface area contributed by atoms with Crippen molar-refractivity contribution < 1.29 is 13.9 Å². The van der Waals surface area contributed by atoms with Crippen molar-refractivity contribution in [1.82, 2.24) is 0 Å². The standard InChI is InChI=1S/C14H10BrFN2O2S/c15-8-1-3-11(10(16)5-8)18-14(21)17-9-2-4-12-13(6-9)20-7-19-12/h1-6H,7H2,(H2,17,18,21). The predicted octanol–water partition coefficient (Wildman–Crippen LogP) is 4.13. The molecule has 4 nitrogen and oxygen atoms in total. The van der Waals surface area contributed by atoms with Crippen LogP contribution in [-0.4, -0.2) is 11.9 Å². The van der Waals surface area contributed by atoms with Crippen LogP contribution >= 0.6 is 28.1 Å². The quantitative estimate of drug-likeness (QED) is 0.780. The first-order valence-electron chi connectivity index (χ1n) is 6.04. The number of fused-ring (bicyclic) bond motifs is 1. The fourth-order valence-electron chi connectivity index (χ4n) is 1.85. The zero-order valence-corrected chi connectivity index (χ0v) is 13.1. The topological polar surface area (TPSA) is 42.5 Å². The van der Waals surface area contributed by atoms with Gasteiger partial charge in [-0.05, 0) is 42.5 Å². The van der Waals surface area contributed by atoms with E-state index in [-0.39, 0.29) is 17.7 Å². The van der Waals surface area contributed by atoms with Crippen LogP contribution in [0.2, 0.25) is 0 Å². The van der Waals surface area contributed by atoms with Crippen molar-refractivity contribution in [2.24, 2.45) is 0 Å². The second-order valence-electron chi connectivity index (χ2n) is 4.27. The Labute approximate surface area is 134 Å². The van der Waals surface area contributed by atoms with E-state index in [1.807, 2.05) is 0 Å². The minimum absolute atomic E-state index is 0.214. The Morgan fingerprint density at radius 1 is 1.10 bits per heavy atom. The smallest absolute Gasteiger partial charge is 0.231 e. The minimum atomic E-state index is -0.390. The largest absolute Gasteiger partial charge is 0.454 e. The van der Waals surface area contributed by atoms with Gasteiger partial charge in [-0.1, -0.05) is 15.9 Å². The Balaban J connectivity index is 1.69. The van der Waals surface area contributed by atoms with Gasteiger partial charge in [0.05, 0.1) is 5.69 Å². The number of anilines is 2. The summed E-state index contributed by atoms with van der Waals surface area (Å²) in [6.45, 7) is 0.214. The van der Waals surface area contributed by atoms with E-state index in [2.05, 4.69) is 26.6 Å². The summed E-state index contributed by atoms with van der Waals surface area (Å²) in [5, 5.41) is 6.06. The molecular formula is C14H10BrFN2O2S. The van der Waals surface area contributed by atoms with Crippen molar-refractivity contribution in [3.63, 3.8) is 0 Å². The molecule has 108 valence electrons. The van der Waals surface area contributed by atoms with Crippen molar-refractivity contribution in [2.75, 3.05) is 17.4 Å². The Hall–Kier alpha value is -1.86. The number of thiocarbonyl (C=S) groups is 1. The Morgan fingerprint density at radius 2 is 1.90 bits per heavy atom. The van der Waals surface area contributed by atoms with Crippen molar-refractivity contribution in [3.05, 3.63) is 46.7 Å². The number of benzene rings is 2. The first-order chi connectivity index (χ1) is 10.1. The van der Waals surface area contributed by atoms with E-state index < -0.39 is 0 Å². The minimum Gasteiger partial charge on any atom is -0.454 e. The molecule has 0 radical (unpaired) electrons. The van der Waals surface area contributed by atoms with Crippen molar-refractivity contribution in [3.8, 4) is 11.5 Å². The molecule has 2 aromatic carbocycles. The zero-order chi connectivity index (χ0) is 14.8. The molecule has 1 aliphatic rings. The molecular weight excluding hydrogens is 359 g/mol. The van der Waals surface area contributed by atoms with E-state index in [0.29, 0.717) is 21.7 Å². The van der Waals surface area contributed by atoms with Gasteiger partial charge in [-0.2, -0.15) is 0 Å². The fraction of sp³-hybridized carbons (Fsp3) is 0.0714. The predicted molar refractivity (Wildman–Crippen MR) is 86.5 cm³/mol. The Kier molecular flexibility index (Phi) is 3.94. The van der Waals surface area contributed by atoms with Crippen LogP contribution in [0.25, 0.3) is 0 Å². The van der Waals surface area contributed by atoms with Crippen LogP contribution < -0.4 is 20.1 Å². The summed E-state index contributed by atoms with van der Waals surface area (Å²) in [4.78, 5) is 0. The maximum atomic E-state index is 13.7. The first kappa shape index (κ1) is 14.1. The lowest BCUT2D eigenvalue weighted by Gasteiger charge is -2.11. The van der Waals surface area contributed by atoms with Crippen LogP contribution in [0.3, 0.4) is 0 Å². The SMILES string of the molecule is Fc1cc(Br)ccc1NC(=S)Nc1ccc2c(c1)OCO2. The highest BCUT2D eigenvalue weighted by molar-refractivity contribution is 9.10. The first-order valence-corrected chi connectivity index (χ1v) is 7.25. The van der Waals surface area contributed by atoms with Gasteiger partial charge < -0.3 is 20.1 Å². The summed E-state index contributed by atoms with van der Waals surface area (Å²) in [6, 6.07) is 10.1. The maximum Gasteiger partial charge on any atom is 0.231 e. The summed E-state index contributed by atoms with van der Waals surface area (Å²) in [5.74, 6) is 0.954. The molecule has 1 heterocycles. The van der Waals surface area contributed by atoms with Gasteiger partial charge >= 0.3 is 0 Å². The highest BCUT2D eigenvalue weighted by atomic mass is 79.9. The number of hydrogen-bond donors (Lipinski definition) is 2. The fourth-order valence-corrected chi connectivity index (χ4v) is 2.41. The van der Waals surface area contributed by atoms with Crippen LogP contribution in [0.15, 0.2) is 40.9 Å². The summed E-state index contributed by atoms with van der Waals surface area (Å²) in [7, 11) is 0. The summed E-state index contributed by atoms with van der Waals surface area (Å²) >= 11 is 8.37. The number of rotatable bonds is 2. The van der Waals surface area contributed by atoms with Gasteiger partial charge in [0.1, 0.15) is 5.82 Å². The molecule has 0 fully saturated rings. The van der Waals surface area contributed by atoms with Gasteiger partial charge in [0.2, 0.25) is 6.79 Å². The van der Waals surface area contributed by atoms with Crippen LogP contribution in [-0.2, 0) is 0 Å². The Bertz CT molecular complexity index is 711. The van der Waals surface area contributed by atoms with E-state index in [1.165, 1.54) is 6.07 Å². The molecule has 2 aromatic rings. The van der Waals surface area contributed by atoms with Gasteiger partial charge in [-0.3, -0.25) is 0 Å². The summed E-state index contributed by atoms with van der Waals surface area (Å²) in [6.07, 6.45) is 0. The normalized spacial score (nSPS) is 12.1. The van der Waals surface area contributed by atoms with E-state index in [9.17, 15) is 4.39 Å².